The van der Waals surface area contributed by atoms with Crippen molar-refractivity contribution in [3.05, 3.63) is 62.4 Å². The Morgan fingerprint density at radius 1 is 1.03 bits per heavy atom. The highest BCUT2D eigenvalue weighted by Crippen LogP contribution is 2.33. The minimum Gasteiger partial charge on any atom is -0.338 e. The van der Waals surface area contributed by atoms with Gasteiger partial charge in [-0.15, -0.1) is 0 Å². The molecule has 0 unspecified atom stereocenters. The van der Waals surface area contributed by atoms with Crippen LogP contribution in [0.5, 0.6) is 0 Å². The van der Waals surface area contributed by atoms with Gasteiger partial charge in [-0.3, -0.25) is 9.69 Å². The molecule has 1 aromatic heterocycles. The Morgan fingerprint density at radius 3 is 2.48 bits per heavy atom. The zero-order valence-corrected chi connectivity index (χ0v) is 19.3. The van der Waals surface area contributed by atoms with E-state index in [1.54, 1.807) is 12.1 Å². The number of amides is 1. The van der Waals surface area contributed by atoms with Crippen molar-refractivity contribution in [1.82, 2.24) is 15.0 Å². The standard InChI is InChI=1S/C21H18Cl4N4O2/c22-14-4-2-1-3-13(14)20-27-19(31-28-20)11-29-7-5-12(6-8-29)21(30)26-18-10-16(24)15(23)9-17(18)25/h1-4,9-10,12H,5-8,11H2,(H,26,30). The van der Waals surface area contributed by atoms with Crippen molar-refractivity contribution in [3.63, 3.8) is 0 Å². The smallest absolute Gasteiger partial charge is 0.241 e. The second-order valence-electron chi connectivity index (χ2n) is 7.28. The van der Waals surface area contributed by atoms with Crippen LogP contribution < -0.4 is 5.32 Å². The zero-order chi connectivity index (χ0) is 22.0. The molecule has 0 aliphatic carbocycles. The molecule has 1 fully saturated rings. The van der Waals surface area contributed by atoms with E-state index >= 15 is 0 Å². The number of rotatable bonds is 5. The van der Waals surface area contributed by atoms with Crippen LogP contribution in [0, 0.1) is 5.92 Å². The lowest BCUT2D eigenvalue weighted by molar-refractivity contribution is -0.121. The molecule has 1 amide bonds. The first kappa shape index (κ1) is 22.4. The van der Waals surface area contributed by atoms with E-state index in [1.165, 1.54) is 6.07 Å². The number of likely N-dealkylation sites (tertiary alicyclic amines) is 1. The maximum absolute atomic E-state index is 12.7. The van der Waals surface area contributed by atoms with Gasteiger partial charge in [-0.25, -0.2) is 0 Å². The molecular formula is C21H18Cl4N4O2. The lowest BCUT2D eigenvalue weighted by atomic mass is 9.96. The fourth-order valence-electron chi connectivity index (χ4n) is 3.47. The third-order valence-electron chi connectivity index (χ3n) is 5.17. The number of halogens is 4. The van der Waals surface area contributed by atoms with Gasteiger partial charge in [0.25, 0.3) is 0 Å². The molecule has 0 spiro atoms. The maximum Gasteiger partial charge on any atom is 0.241 e. The lowest BCUT2D eigenvalue weighted by Gasteiger charge is -2.30. The average Bonchev–Trinajstić information content (AvgIpc) is 3.21. The zero-order valence-electron chi connectivity index (χ0n) is 16.2. The normalized spacial score (nSPS) is 15.2. The molecular weight excluding hydrogens is 482 g/mol. The Hall–Kier alpha value is -1.83. The van der Waals surface area contributed by atoms with E-state index in [2.05, 4.69) is 20.4 Å². The molecule has 0 saturated carbocycles. The van der Waals surface area contributed by atoms with E-state index in [4.69, 9.17) is 50.9 Å². The molecule has 4 rings (SSSR count). The van der Waals surface area contributed by atoms with Crippen molar-refractivity contribution in [2.24, 2.45) is 5.92 Å². The first-order valence-electron chi connectivity index (χ1n) is 9.66. The van der Waals surface area contributed by atoms with E-state index in [1.807, 2.05) is 18.2 Å². The van der Waals surface area contributed by atoms with Crippen LogP contribution in [-0.2, 0) is 11.3 Å². The SMILES string of the molecule is O=C(Nc1cc(Cl)c(Cl)cc1Cl)C1CCN(Cc2nc(-c3ccccc3Cl)no2)CC1. The Bertz CT molecular complexity index is 1100. The van der Waals surface area contributed by atoms with Gasteiger partial charge in [-0.2, -0.15) is 4.98 Å². The summed E-state index contributed by atoms with van der Waals surface area (Å²) in [5, 5.41) is 8.49. The van der Waals surface area contributed by atoms with Crippen molar-refractivity contribution >= 4 is 58.0 Å². The quantitative estimate of drug-likeness (QED) is 0.423. The first-order valence-corrected chi connectivity index (χ1v) is 11.2. The Kier molecular flexibility index (Phi) is 7.04. The number of carbonyl (C=O) groups is 1. The Morgan fingerprint density at radius 2 is 1.74 bits per heavy atom. The van der Waals surface area contributed by atoms with Crippen LogP contribution >= 0.6 is 46.4 Å². The summed E-state index contributed by atoms with van der Waals surface area (Å²) in [4.78, 5) is 19.3. The Labute approximate surface area is 199 Å². The van der Waals surface area contributed by atoms with Crippen molar-refractivity contribution in [2.45, 2.75) is 19.4 Å². The van der Waals surface area contributed by atoms with Gasteiger partial charge in [0, 0.05) is 11.5 Å². The summed E-state index contributed by atoms with van der Waals surface area (Å²) in [7, 11) is 0. The van der Waals surface area contributed by atoms with Gasteiger partial charge in [0.15, 0.2) is 0 Å². The van der Waals surface area contributed by atoms with Gasteiger partial charge in [0.1, 0.15) is 0 Å². The molecule has 1 N–H and O–H groups in total. The lowest BCUT2D eigenvalue weighted by Crippen LogP contribution is -2.37. The fourth-order valence-corrected chi connectivity index (χ4v) is 4.28. The van der Waals surface area contributed by atoms with Crippen LogP contribution in [0.15, 0.2) is 40.9 Å². The molecule has 2 heterocycles. The van der Waals surface area contributed by atoms with Crippen molar-refractivity contribution in [3.8, 4) is 11.4 Å². The number of aromatic nitrogens is 2. The minimum absolute atomic E-state index is 0.0845. The second-order valence-corrected chi connectivity index (χ2v) is 8.91. The molecule has 2 aromatic carbocycles. The summed E-state index contributed by atoms with van der Waals surface area (Å²) >= 11 is 24.3. The summed E-state index contributed by atoms with van der Waals surface area (Å²) < 4.78 is 5.39. The van der Waals surface area contributed by atoms with E-state index in [0.717, 1.165) is 18.7 Å². The third kappa shape index (κ3) is 5.33. The van der Waals surface area contributed by atoms with Gasteiger partial charge in [0.2, 0.25) is 17.6 Å². The molecule has 1 aliphatic heterocycles. The molecule has 0 bridgehead atoms. The van der Waals surface area contributed by atoms with Crippen LogP contribution in [-0.4, -0.2) is 34.0 Å². The van der Waals surface area contributed by atoms with Crippen LogP contribution in [0.2, 0.25) is 20.1 Å². The third-order valence-corrected chi connectivity index (χ3v) is 6.53. The summed E-state index contributed by atoms with van der Waals surface area (Å²) in [5.41, 5.74) is 1.19. The second kappa shape index (κ2) is 9.76. The molecule has 162 valence electrons. The molecule has 10 heteroatoms. The van der Waals surface area contributed by atoms with Gasteiger partial charge in [0.05, 0.1) is 32.3 Å². The Balaban J connectivity index is 1.32. The molecule has 31 heavy (non-hydrogen) atoms. The van der Waals surface area contributed by atoms with Crippen LogP contribution in [0.1, 0.15) is 18.7 Å². The highest BCUT2D eigenvalue weighted by Gasteiger charge is 2.26. The van der Waals surface area contributed by atoms with Gasteiger partial charge >= 0.3 is 0 Å². The molecule has 6 nitrogen and oxygen atoms in total. The summed E-state index contributed by atoms with van der Waals surface area (Å²) in [5.74, 6) is 0.774. The number of hydrogen-bond acceptors (Lipinski definition) is 5. The van der Waals surface area contributed by atoms with Gasteiger partial charge < -0.3 is 9.84 Å². The fraction of sp³-hybridized carbons (Fsp3) is 0.286. The minimum atomic E-state index is -0.122. The number of anilines is 1. The largest absolute Gasteiger partial charge is 0.338 e. The number of piperidine rings is 1. The van der Waals surface area contributed by atoms with Crippen molar-refractivity contribution in [2.75, 3.05) is 18.4 Å². The maximum atomic E-state index is 12.7. The van der Waals surface area contributed by atoms with Crippen molar-refractivity contribution in [1.29, 1.82) is 0 Å². The summed E-state index contributed by atoms with van der Waals surface area (Å²) in [6.07, 6.45) is 1.41. The topological polar surface area (TPSA) is 71.3 Å². The molecule has 0 atom stereocenters. The summed E-state index contributed by atoms with van der Waals surface area (Å²) in [6, 6.07) is 10.4. The van der Waals surface area contributed by atoms with Gasteiger partial charge in [-0.05, 0) is 50.2 Å². The summed E-state index contributed by atoms with van der Waals surface area (Å²) in [6.45, 7) is 1.98. The molecule has 3 aromatic rings. The van der Waals surface area contributed by atoms with E-state index in [9.17, 15) is 4.79 Å². The van der Waals surface area contributed by atoms with E-state index in [-0.39, 0.29) is 11.8 Å². The van der Waals surface area contributed by atoms with Crippen LogP contribution in [0.4, 0.5) is 5.69 Å². The van der Waals surface area contributed by atoms with Crippen LogP contribution in [0.25, 0.3) is 11.4 Å². The van der Waals surface area contributed by atoms with E-state index in [0.29, 0.717) is 56.9 Å². The predicted octanol–water partition coefficient (Wildman–Crippen LogP) is 6.20. The predicted molar refractivity (Wildman–Crippen MR) is 123 cm³/mol. The average molecular weight is 500 g/mol. The number of benzene rings is 2. The highest BCUT2D eigenvalue weighted by molar-refractivity contribution is 6.44. The number of hydrogen-bond donors (Lipinski definition) is 1. The number of carbonyl (C=O) groups excluding carboxylic acids is 1. The molecule has 1 saturated heterocycles. The van der Waals surface area contributed by atoms with Crippen molar-refractivity contribution < 1.29 is 9.32 Å². The van der Waals surface area contributed by atoms with Gasteiger partial charge in [-0.1, -0.05) is 63.7 Å². The molecule has 0 radical (unpaired) electrons. The first-order chi connectivity index (χ1) is 14.9. The van der Waals surface area contributed by atoms with E-state index < -0.39 is 0 Å². The number of nitrogens with zero attached hydrogens (tertiary/aromatic N) is 3. The number of nitrogens with one attached hydrogen (secondary N) is 1. The monoisotopic (exact) mass is 498 g/mol. The highest BCUT2D eigenvalue weighted by atomic mass is 35.5. The van der Waals surface area contributed by atoms with Crippen LogP contribution in [0.3, 0.4) is 0 Å². The molecule has 1 aliphatic rings.